The average molecular weight is 251 g/mol. The predicted molar refractivity (Wildman–Crippen MR) is 63.1 cm³/mol. The minimum Gasteiger partial charge on any atom is -0.494 e. The van der Waals surface area contributed by atoms with E-state index < -0.39 is 11.9 Å². The number of nitrogens with zero attached hydrogens (tertiary/aromatic N) is 3. The number of rotatable bonds is 4. The second kappa shape index (κ2) is 5.14. The fraction of sp³-hybridized carbons (Fsp3) is 0.333. The summed E-state index contributed by atoms with van der Waals surface area (Å²) in [6.07, 6.45) is 1.48. The summed E-state index contributed by atoms with van der Waals surface area (Å²) >= 11 is 0. The van der Waals surface area contributed by atoms with E-state index in [0.717, 1.165) is 0 Å². The Labute approximate surface area is 104 Å². The van der Waals surface area contributed by atoms with E-state index in [4.69, 9.17) is 4.74 Å². The third-order valence-electron chi connectivity index (χ3n) is 2.64. The first-order valence-corrected chi connectivity index (χ1v) is 5.60. The van der Waals surface area contributed by atoms with E-state index in [2.05, 4.69) is 10.3 Å². The first-order chi connectivity index (χ1) is 8.65. The van der Waals surface area contributed by atoms with Gasteiger partial charge in [-0.05, 0) is 18.6 Å². The van der Waals surface area contributed by atoms with Crippen LogP contribution < -0.4 is 4.74 Å². The van der Waals surface area contributed by atoms with Crippen LogP contribution >= 0.6 is 0 Å². The molecule has 96 valence electrons. The van der Waals surface area contributed by atoms with E-state index in [0.29, 0.717) is 17.8 Å². The zero-order chi connectivity index (χ0) is 13.1. The number of halogens is 1. The summed E-state index contributed by atoms with van der Waals surface area (Å²) in [5, 5.41) is 17.3. The van der Waals surface area contributed by atoms with Crippen molar-refractivity contribution < 1.29 is 14.2 Å². The van der Waals surface area contributed by atoms with E-state index in [1.54, 1.807) is 12.3 Å². The van der Waals surface area contributed by atoms with Gasteiger partial charge in [-0.3, -0.25) is 0 Å². The summed E-state index contributed by atoms with van der Waals surface area (Å²) < 4.78 is 19.8. The Morgan fingerprint density at radius 2 is 2.28 bits per heavy atom. The number of hydrogen-bond donors (Lipinski definition) is 1. The van der Waals surface area contributed by atoms with E-state index in [1.807, 2.05) is 6.92 Å². The lowest BCUT2D eigenvalue weighted by Crippen LogP contribution is -1.97. The lowest BCUT2D eigenvalue weighted by Gasteiger charge is -2.04. The molecule has 1 aromatic carbocycles. The number of aliphatic hydroxyl groups excluding tert-OH is 1. The van der Waals surface area contributed by atoms with Crippen LogP contribution in [0.15, 0.2) is 24.4 Å². The molecule has 0 radical (unpaired) electrons. The zero-order valence-corrected chi connectivity index (χ0v) is 10.2. The van der Waals surface area contributed by atoms with Gasteiger partial charge in [0.25, 0.3) is 0 Å². The highest BCUT2D eigenvalue weighted by molar-refractivity contribution is 5.38. The predicted octanol–water partition coefficient (Wildman–Crippen LogP) is 1.86. The van der Waals surface area contributed by atoms with Crippen molar-refractivity contribution in [1.82, 2.24) is 15.0 Å². The average Bonchev–Trinajstić information content (AvgIpc) is 2.87. The van der Waals surface area contributed by atoms with Crippen LogP contribution in [0.2, 0.25) is 0 Å². The molecule has 0 aliphatic carbocycles. The third kappa shape index (κ3) is 2.33. The van der Waals surface area contributed by atoms with Gasteiger partial charge in [0, 0.05) is 6.07 Å². The van der Waals surface area contributed by atoms with Crippen molar-refractivity contribution in [3.8, 4) is 11.4 Å². The molecule has 1 aromatic heterocycles. The van der Waals surface area contributed by atoms with Gasteiger partial charge in [0.05, 0.1) is 25.1 Å². The van der Waals surface area contributed by atoms with Crippen LogP contribution in [0.3, 0.4) is 0 Å². The Kier molecular flexibility index (Phi) is 3.57. The molecule has 0 aliphatic rings. The van der Waals surface area contributed by atoms with Crippen LogP contribution in [0.4, 0.5) is 4.39 Å². The quantitative estimate of drug-likeness (QED) is 0.901. The Balaban J connectivity index is 2.31. The van der Waals surface area contributed by atoms with Crippen LogP contribution in [0, 0.1) is 5.82 Å². The molecular formula is C12H14FN3O2. The lowest BCUT2D eigenvalue weighted by atomic mass is 10.2. The number of methoxy groups -OCH3 is 1. The fourth-order valence-electron chi connectivity index (χ4n) is 1.56. The molecule has 0 saturated heterocycles. The summed E-state index contributed by atoms with van der Waals surface area (Å²) in [4.78, 5) is 0. The van der Waals surface area contributed by atoms with Crippen molar-refractivity contribution in [1.29, 1.82) is 0 Å². The van der Waals surface area contributed by atoms with Crippen molar-refractivity contribution in [3.05, 3.63) is 35.9 Å². The molecule has 18 heavy (non-hydrogen) atoms. The molecule has 1 unspecified atom stereocenters. The summed E-state index contributed by atoms with van der Waals surface area (Å²) in [5.74, 6) is -0.296. The molecule has 1 atom stereocenters. The summed E-state index contributed by atoms with van der Waals surface area (Å²) in [5.41, 5.74) is 0.990. The summed E-state index contributed by atoms with van der Waals surface area (Å²) in [6.45, 7) is 1.84. The maximum Gasteiger partial charge on any atom is 0.167 e. The molecule has 1 heterocycles. The highest BCUT2D eigenvalue weighted by Crippen LogP contribution is 2.20. The first kappa shape index (κ1) is 12.5. The molecule has 0 bridgehead atoms. The topological polar surface area (TPSA) is 60.2 Å². The van der Waals surface area contributed by atoms with Crippen LogP contribution in [0.5, 0.6) is 5.75 Å². The largest absolute Gasteiger partial charge is 0.494 e. The molecule has 0 aliphatic heterocycles. The number of hydrogen-bond acceptors (Lipinski definition) is 4. The van der Waals surface area contributed by atoms with Gasteiger partial charge in [-0.25, -0.2) is 9.07 Å². The smallest absolute Gasteiger partial charge is 0.167 e. The van der Waals surface area contributed by atoms with Gasteiger partial charge < -0.3 is 9.84 Å². The molecule has 2 rings (SSSR count). The van der Waals surface area contributed by atoms with Gasteiger partial charge in [-0.2, -0.15) is 0 Å². The van der Waals surface area contributed by atoms with Gasteiger partial charge in [-0.1, -0.05) is 12.1 Å². The van der Waals surface area contributed by atoms with Crippen LogP contribution in [-0.2, 0) is 0 Å². The minimum absolute atomic E-state index is 0.174. The molecule has 0 fully saturated rings. The minimum atomic E-state index is -0.651. The second-order valence-electron chi connectivity index (χ2n) is 3.83. The zero-order valence-electron chi connectivity index (χ0n) is 10.2. The SMILES string of the molecule is CCC(O)c1cn(-c2ccc(OC)c(F)c2)nn1. The highest BCUT2D eigenvalue weighted by atomic mass is 19.1. The number of ether oxygens (including phenoxy) is 1. The van der Waals surface area contributed by atoms with Gasteiger partial charge in [0.15, 0.2) is 11.6 Å². The van der Waals surface area contributed by atoms with Crippen molar-refractivity contribution in [2.45, 2.75) is 19.4 Å². The van der Waals surface area contributed by atoms with Crippen molar-refractivity contribution in [3.63, 3.8) is 0 Å². The normalized spacial score (nSPS) is 12.4. The molecule has 0 saturated carbocycles. The number of aliphatic hydroxyl groups is 1. The maximum atomic E-state index is 13.5. The Hall–Kier alpha value is -1.95. The second-order valence-corrected chi connectivity index (χ2v) is 3.83. The van der Waals surface area contributed by atoms with Crippen molar-refractivity contribution in [2.24, 2.45) is 0 Å². The van der Waals surface area contributed by atoms with Crippen LogP contribution in [0.25, 0.3) is 5.69 Å². The van der Waals surface area contributed by atoms with Crippen LogP contribution in [0.1, 0.15) is 25.1 Å². The molecule has 0 amide bonds. The summed E-state index contributed by atoms with van der Waals surface area (Å²) in [6, 6.07) is 4.48. The fourth-order valence-corrected chi connectivity index (χ4v) is 1.56. The van der Waals surface area contributed by atoms with E-state index in [9.17, 15) is 9.50 Å². The van der Waals surface area contributed by atoms with Gasteiger partial charge in [0.2, 0.25) is 0 Å². The standard InChI is InChI=1S/C12H14FN3O2/c1-3-11(17)10-7-16(15-14-10)8-4-5-12(18-2)9(13)6-8/h4-7,11,17H,3H2,1-2H3. The highest BCUT2D eigenvalue weighted by Gasteiger charge is 2.11. The molecule has 0 spiro atoms. The summed E-state index contributed by atoms with van der Waals surface area (Å²) in [7, 11) is 1.41. The van der Waals surface area contributed by atoms with E-state index in [1.165, 1.54) is 23.9 Å². The molecule has 6 heteroatoms. The molecule has 5 nitrogen and oxygen atoms in total. The molecule has 2 aromatic rings. The monoisotopic (exact) mass is 251 g/mol. The third-order valence-corrected chi connectivity index (χ3v) is 2.64. The lowest BCUT2D eigenvalue weighted by molar-refractivity contribution is 0.169. The van der Waals surface area contributed by atoms with E-state index >= 15 is 0 Å². The van der Waals surface area contributed by atoms with Gasteiger partial charge >= 0.3 is 0 Å². The first-order valence-electron chi connectivity index (χ1n) is 5.60. The Bertz CT molecular complexity index is 542. The molecular weight excluding hydrogens is 237 g/mol. The maximum absolute atomic E-state index is 13.5. The number of benzene rings is 1. The van der Waals surface area contributed by atoms with Gasteiger partial charge in [-0.15, -0.1) is 5.10 Å². The number of aromatic nitrogens is 3. The van der Waals surface area contributed by atoms with Crippen molar-refractivity contribution >= 4 is 0 Å². The Morgan fingerprint density at radius 3 is 2.89 bits per heavy atom. The molecule has 1 N–H and O–H groups in total. The van der Waals surface area contributed by atoms with Crippen molar-refractivity contribution in [2.75, 3.05) is 7.11 Å². The van der Waals surface area contributed by atoms with E-state index in [-0.39, 0.29) is 5.75 Å². The Morgan fingerprint density at radius 1 is 1.50 bits per heavy atom. The van der Waals surface area contributed by atoms with Gasteiger partial charge in [0.1, 0.15) is 5.69 Å². The van der Waals surface area contributed by atoms with Crippen LogP contribution in [-0.4, -0.2) is 27.2 Å².